The molecule has 3 nitrogen and oxygen atoms in total. The van der Waals surface area contributed by atoms with Crippen LogP contribution in [0.15, 0.2) is 24.3 Å². The first-order valence-electron chi connectivity index (χ1n) is 7.42. The van der Waals surface area contributed by atoms with Crippen molar-refractivity contribution in [2.75, 3.05) is 13.1 Å². The number of amides is 1. The Bertz CT molecular complexity index is 513. The molecule has 6 heteroatoms. The van der Waals surface area contributed by atoms with Crippen molar-refractivity contribution in [2.45, 2.75) is 39.0 Å². The average molecular weight is 314 g/mol. The third-order valence-corrected chi connectivity index (χ3v) is 4.20. The second kappa shape index (κ2) is 6.69. The summed E-state index contributed by atoms with van der Waals surface area (Å²) in [7, 11) is 0. The number of piperidine rings is 1. The Morgan fingerprint density at radius 3 is 2.45 bits per heavy atom. The lowest BCUT2D eigenvalue weighted by molar-refractivity contribution is -0.137. The SMILES string of the molecule is CC(=O)N1CC[C@H](NCc2ccc(C(F)(F)F)cc2)[C@@H](C)C1. The van der Waals surface area contributed by atoms with Crippen LogP contribution in [0, 0.1) is 5.92 Å². The number of nitrogens with one attached hydrogen (secondary N) is 1. The van der Waals surface area contributed by atoms with E-state index in [1.807, 2.05) is 4.90 Å². The molecule has 2 rings (SSSR count). The number of carbonyl (C=O) groups excluding carboxylic acids is 1. The molecule has 1 heterocycles. The standard InChI is InChI=1S/C16H21F3N2O/c1-11-10-21(12(2)22)8-7-15(11)20-9-13-3-5-14(6-4-13)16(17,18)19/h3-6,11,15,20H,7-10H2,1-2H3/t11-,15-/m0/s1. The third-order valence-electron chi connectivity index (χ3n) is 4.20. The van der Waals surface area contributed by atoms with Gasteiger partial charge in [0.05, 0.1) is 5.56 Å². The smallest absolute Gasteiger partial charge is 0.343 e. The van der Waals surface area contributed by atoms with Crippen molar-refractivity contribution in [3.8, 4) is 0 Å². The van der Waals surface area contributed by atoms with E-state index in [1.165, 1.54) is 12.1 Å². The Kier molecular flexibility index (Phi) is 5.11. The molecule has 1 aliphatic heterocycles. The van der Waals surface area contributed by atoms with Gasteiger partial charge in [0, 0.05) is 32.6 Å². The minimum atomic E-state index is -4.29. The van der Waals surface area contributed by atoms with E-state index in [4.69, 9.17) is 0 Å². The minimum absolute atomic E-state index is 0.0908. The molecule has 1 N–H and O–H groups in total. The number of carbonyl (C=O) groups is 1. The Morgan fingerprint density at radius 2 is 1.95 bits per heavy atom. The van der Waals surface area contributed by atoms with Crippen LogP contribution in [-0.4, -0.2) is 29.9 Å². The Balaban J connectivity index is 1.87. The highest BCUT2D eigenvalue weighted by Gasteiger charge is 2.30. The van der Waals surface area contributed by atoms with E-state index in [1.54, 1.807) is 6.92 Å². The van der Waals surface area contributed by atoms with Crippen molar-refractivity contribution in [2.24, 2.45) is 5.92 Å². The summed E-state index contributed by atoms with van der Waals surface area (Å²) in [5.41, 5.74) is 0.202. The minimum Gasteiger partial charge on any atom is -0.343 e. The van der Waals surface area contributed by atoms with Gasteiger partial charge in [0.25, 0.3) is 0 Å². The summed E-state index contributed by atoms with van der Waals surface area (Å²) >= 11 is 0. The van der Waals surface area contributed by atoms with Crippen LogP contribution >= 0.6 is 0 Å². The van der Waals surface area contributed by atoms with Gasteiger partial charge >= 0.3 is 6.18 Å². The van der Waals surface area contributed by atoms with Gasteiger partial charge < -0.3 is 10.2 Å². The molecule has 1 saturated heterocycles. The largest absolute Gasteiger partial charge is 0.416 e. The van der Waals surface area contributed by atoms with Crippen LogP contribution in [0.4, 0.5) is 13.2 Å². The van der Waals surface area contributed by atoms with Crippen molar-refractivity contribution in [1.29, 1.82) is 0 Å². The van der Waals surface area contributed by atoms with Gasteiger partial charge in [0.15, 0.2) is 0 Å². The molecule has 0 aliphatic carbocycles. The summed E-state index contributed by atoms with van der Waals surface area (Å²) in [6.45, 7) is 5.64. The molecule has 1 aromatic rings. The number of rotatable bonds is 3. The second-order valence-corrected chi connectivity index (χ2v) is 5.91. The number of alkyl halides is 3. The van der Waals surface area contributed by atoms with Crippen molar-refractivity contribution in [1.82, 2.24) is 10.2 Å². The summed E-state index contributed by atoms with van der Waals surface area (Å²) in [6, 6.07) is 5.51. The zero-order chi connectivity index (χ0) is 16.3. The molecule has 0 saturated carbocycles. The Hall–Kier alpha value is -1.56. The zero-order valence-electron chi connectivity index (χ0n) is 12.8. The Labute approximate surface area is 128 Å². The van der Waals surface area contributed by atoms with Gasteiger partial charge in [-0.05, 0) is 30.0 Å². The molecular weight excluding hydrogens is 293 g/mol. The molecule has 0 bridgehead atoms. The molecule has 22 heavy (non-hydrogen) atoms. The normalized spacial score (nSPS) is 22.7. The lowest BCUT2D eigenvalue weighted by Gasteiger charge is -2.37. The highest BCUT2D eigenvalue weighted by Crippen LogP contribution is 2.29. The van der Waals surface area contributed by atoms with Crippen LogP contribution in [0.25, 0.3) is 0 Å². The first-order chi connectivity index (χ1) is 10.3. The highest BCUT2D eigenvalue weighted by atomic mass is 19.4. The molecule has 0 spiro atoms. The van der Waals surface area contributed by atoms with Crippen LogP contribution < -0.4 is 5.32 Å². The summed E-state index contributed by atoms with van der Waals surface area (Å²) in [4.78, 5) is 13.2. The first-order valence-corrected chi connectivity index (χ1v) is 7.42. The fourth-order valence-electron chi connectivity index (χ4n) is 2.80. The summed E-state index contributed by atoms with van der Waals surface area (Å²) in [5, 5.41) is 3.39. The maximum atomic E-state index is 12.5. The average Bonchev–Trinajstić information content (AvgIpc) is 2.45. The lowest BCUT2D eigenvalue weighted by atomic mass is 9.93. The molecule has 1 aliphatic rings. The topological polar surface area (TPSA) is 32.3 Å². The summed E-state index contributed by atoms with van der Waals surface area (Å²) in [6.07, 6.45) is -3.43. The van der Waals surface area contributed by atoms with E-state index in [9.17, 15) is 18.0 Å². The van der Waals surface area contributed by atoms with Crippen molar-refractivity contribution in [3.63, 3.8) is 0 Å². The zero-order valence-corrected chi connectivity index (χ0v) is 12.8. The van der Waals surface area contributed by atoms with Gasteiger partial charge in [0.2, 0.25) is 5.91 Å². The van der Waals surface area contributed by atoms with E-state index in [0.717, 1.165) is 37.2 Å². The summed E-state index contributed by atoms with van der Waals surface area (Å²) in [5.74, 6) is 0.417. The van der Waals surface area contributed by atoms with Crippen molar-refractivity contribution >= 4 is 5.91 Å². The number of hydrogen-bond acceptors (Lipinski definition) is 2. The highest BCUT2D eigenvalue weighted by molar-refractivity contribution is 5.73. The Morgan fingerprint density at radius 1 is 1.32 bits per heavy atom. The van der Waals surface area contributed by atoms with Crippen molar-refractivity contribution in [3.05, 3.63) is 35.4 Å². The van der Waals surface area contributed by atoms with Gasteiger partial charge in [-0.3, -0.25) is 4.79 Å². The van der Waals surface area contributed by atoms with Crippen LogP contribution in [0.3, 0.4) is 0 Å². The maximum Gasteiger partial charge on any atom is 0.416 e. The van der Waals surface area contributed by atoms with Gasteiger partial charge in [-0.1, -0.05) is 19.1 Å². The van der Waals surface area contributed by atoms with Crippen LogP contribution in [0.1, 0.15) is 31.4 Å². The molecule has 1 aromatic carbocycles. The fraction of sp³-hybridized carbons (Fsp3) is 0.562. The molecule has 1 amide bonds. The monoisotopic (exact) mass is 314 g/mol. The molecule has 0 radical (unpaired) electrons. The molecular formula is C16H21F3N2O. The van der Waals surface area contributed by atoms with Crippen LogP contribution in [-0.2, 0) is 17.5 Å². The van der Waals surface area contributed by atoms with E-state index >= 15 is 0 Å². The van der Waals surface area contributed by atoms with Gasteiger partial charge in [-0.15, -0.1) is 0 Å². The van der Waals surface area contributed by atoms with E-state index in [0.29, 0.717) is 12.5 Å². The number of likely N-dealkylation sites (tertiary alicyclic amines) is 1. The maximum absolute atomic E-state index is 12.5. The number of benzene rings is 1. The van der Waals surface area contributed by atoms with Crippen LogP contribution in [0.2, 0.25) is 0 Å². The predicted octanol–water partition coefficient (Wildman–Crippen LogP) is 3.05. The molecule has 2 atom stereocenters. The van der Waals surface area contributed by atoms with Crippen LogP contribution in [0.5, 0.6) is 0 Å². The number of halogens is 3. The van der Waals surface area contributed by atoms with Gasteiger partial charge in [0.1, 0.15) is 0 Å². The van der Waals surface area contributed by atoms with E-state index < -0.39 is 11.7 Å². The van der Waals surface area contributed by atoms with Gasteiger partial charge in [-0.25, -0.2) is 0 Å². The number of nitrogens with zero attached hydrogens (tertiary/aromatic N) is 1. The number of hydrogen-bond donors (Lipinski definition) is 1. The lowest BCUT2D eigenvalue weighted by Crippen LogP contribution is -2.49. The molecule has 0 aromatic heterocycles. The third kappa shape index (κ3) is 4.22. The molecule has 122 valence electrons. The summed E-state index contributed by atoms with van der Waals surface area (Å²) < 4.78 is 37.5. The van der Waals surface area contributed by atoms with Gasteiger partial charge in [-0.2, -0.15) is 13.2 Å². The van der Waals surface area contributed by atoms with E-state index in [-0.39, 0.29) is 11.9 Å². The molecule has 1 fully saturated rings. The second-order valence-electron chi connectivity index (χ2n) is 5.91. The van der Waals surface area contributed by atoms with E-state index in [2.05, 4.69) is 12.2 Å². The fourth-order valence-corrected chi connectivity index (χ4v) is 2.80. The first kappa shape index (κ1) is 16.8. The predicted molar refractivity (Wildman–Crippen MR) is 78.1 cm³/mol. The molecule has 0 unspecified atom stereocenters. The quantitative estimate of drug-likeness (QED) is 0.930. The van der Waals surface area contributed by atoms with Crippen molar-refractivity contribution < 1.29 is 18.0 Å².